The summed E-state index contributed by atoms with van der Waals surface area (Å²) in [5.74, 6) is 1.42. The summed E-state index contributed by atoms with van der Waals surface area (Å²) in [6, 6.07) is 12.9. The first-order valence-electron chi connectivity index (χ1n) is 10.8. The first kappa shape index (κ1) is 19.2. The topological polar surface area (TPSA) is 49.6 Å². The van der Waals surface area contributed by atoms with Gasteiger partial charge in [0.05, 0.1) is 0 Å². The van der Waals surface area contributed by atoms with E-state index in [-0.39, 0.29) is 5.91 Å². The van der Waals surface area contributed by atoms with Crippen molar-refractivity contribution in [1.82, 2.24) is 15.0 Å². The van der Waals surface area contributed by atoms with Gasteiger partial charge in [0, 0.05) is 38.2 Å². The van der Waals surface area contributed by atoms with Gasteiger partial charge >= 0.3 is 0 Å². The third kappa shape index (κ3) is 4.30. The van der Waals surface area contributed by atoms with Crippen LogP contribution in [0.2, 0.25) is 0 Å². The summed E-state index contributed by atoms with van der Waals surface area (Å²) in [7, 11) is 0. The molecule has 5 heteroatoms. The Bertz CT molecular complexity index is 773. The molecule has 0 radical (unpaired) electrons. The maximum atomic E-state index is 13.0. The Hall–Kier alpha value is -2.14. The van der Waals surface area contributed by atoms with E-state index in [1.54, 1.807) is 0 Å². The van der Waals surface area contributed by atoms with E-state index in [2.05, 4.69) is 45.3 Å². The molecule has 0 N–H and O–H groups in total. The third-order valence-electron chi connectivity index (χ3n) is 6.32. The van der Waals surface area contributed by atoms with Crippen LogP contribution < -0.4 is 0 Å². The third-order valence-corrected chi connectivity index (χ3v) is 6.32. The molecular weight excluding hydrogens is 350 g/mol. The zero-order valence-electron chi connectivity index (χ0n) is 16.8. The summed E-state index contributed by atoms with van der Waals surface area (Å²) in [5, 5.41) is 4.01. The molecule has 2 aliphatic rings. The van der Waals surface area contributed by atoms with Crippen molar-refractivity contribution in [1.29, 1.82) is 0 Å². The maximum absolute atomic E-state index is 13.0. The van der Waals surface area contributed by atoms with Crippen molar-refractivity contribution < 1.29 is 9.32 Å². The first-order chi connectivity index (χ1) is 13.7. The predicted molar refractivity (Wildman–Crippen MR) is 109 cm³/mol. The van der Waals surface area contributed by atoms with Gasteiger partial charge in [-0.3, -0.25) is 4.79 Å². The van der Waals surface area contributed by atoms with Crippen LogP contribution >= 0.6 is 0 Å². The van der Waals surface area contributed by atoms with Crippen LogP contribution in [-0.2, 0) is 12.8 Å². The summed E-state index contributed by atoms with van der Waals surface area (Å²) >= 11 is 0. The molecule has 4 rings (SSSR count). The number of amides is 1. The molecule has 2 fully saturated rings. The van der Waals surface area contributed by atoms with Gasteiger partial charge in [-0.15, -0.1) is 0 Å². The van der Waals surface area contributed by atoms with Gasteiger partial charge in [0.1, 0.15) is 5.76 Å². The minimum atomic E-state index is 0.0516. The van der Waals surface area contributed by atoms with Crippen LogP contribution in [0.4, 0.5) is 0 Å². The second-order valence-corrected chi connectivity index (χ2v) is 8.18. The second-order valence-electron chi connectivity index (χ2n) is 8.18. The van der Waals surface area contributed by atoms with E-state index >= 15 is 0 Å². The summed E-state index contributed by atoms with van der Waals surface area (Å²) < 4.78 is 5.25. The highest BCUT2D eigenvalue weighted by Crippen LogP contribution is 2.31. The van der Waals surface area contributed by atoms with E-state index in [4.69, 9.17) is 4.52 Å². The van der Waals surface area contributed by atoms with Crippen LogP contribution in [0.1, 0.15) is 54.4 Å². The molecule has 2 aliphatic heterocycles. The van der Waals surface area contributed by atoms with E-state index in [1.165, 1.54) is 18.4 Å². The van der Waals surface area contributed by atoms with Crippen LogP contribution in [0.3, 0.4) is 0 Å². The quantitative estimate of drug-likeness (QED) is 0.764. The Balaban J connectivity index is 1.31. The highest BCUT2D eigenvalue weighted by atomic mass is 16.5. The van der Waals surface area contributed by atoms with Gasteiger partial charge in [0.2, 0.25) is 0 Å². The molecular formula is C23H31N3O2. The minimum absolute atomic E-state index is 0.0516. The first-order valence-corrected chi connectivity index (χ1v) is 10.8. The second kappa shape index (κ2) is 8.91. The molecule has 28 heavy (non-hydrogen) atoms. The van der Waals surface area contributed by atoms with Crippen LogP contribution in [0.15, 0.2) is 40.9 Å². The number of nitrogens with zero attached hydrogens (tertiary/aromatic N) is 3. The monoisotopic (exact) mass is 381 g/mol. The van der Waals surface area contributed by atoms with Gasteiger partial charge in [-0.05, 0) is 50.1 Å². The number of piperidine rings is 2. The van der Waals surface area contributed by atoms with E-state index in [0.29, 0.717) is 17.7 Å². The number of fused-ring (bicyclic) bond motifs is 1. The van der Waals surface area contributed by atoms with Gasteiger partial charge in [-0.1, -0.05) is 42.4 Å². The zero-order chi connectivity index (χ0) is 19.3. The predicted octanol–water partition coefficient (Wildman–Crippen LogP) is 3.80. The van der Waals surface area contributed by atoms with E-state index in [0.717, 1.165) is 57.6 Å². The Morgan fingerprint density at radius 1 is 1.21 bits per heavy atom. The number of aryl methyl sites for hydroxylation is 2. The fourth-order valence-electron chi connectivity index (χ4n) is 4.81. The molecule has 2 saturated heterocycles. The fourth-order valence-corrected chi connectivity index (χ4v) is 4.81. The van der Waals surface area contributed by atoms with Crippen molar-refractivity contribution in [2.24, 2.45) is 5.92 Å². The standard InChI is InChI=1S/C23H31N3O2/c1-2-20-16-21(24-28-20)23(27)26-14-7-11-19-17-25(15-12-22(19)26)13-6-10-18-8-4-3-5-9-18/h3-5,8-9,16,19,22H,2,6-7,10-15,17H2,1H3/t19-,22+/m1/s1. The molecule has 2 atom stereocenters. The number of carbonyl (C=O) groups excluding carboxylic acids is 1. The average Bonchev–Trinajstić information content (AvgIpc) is 3.23. The van der Waals surface area contributed by atoms with Crippen LogP contribution in [0, 0.1) is 5.92 Å². The molecule has 2 aromatic rings. The SMILES string of the molecule is CCc1cc(C(=O)N2CCC[C@@H]3CN(CCCc4ccccc4)CC[C@@H]32)no1. The normalized spacial score (nSPS) is 22.8. The lowest BCUT2D eigenvalue weighted by atomic mass is 9.83. The summed E-state index contributed by atoms with van der Waals surface area (Å²) in [5.41, 5.74) is 1.90. The molecule has 0 aliphatic carbocycles. The van der Waals surface area contributed by atoms with Crippen molar-refractivity contribution in [3.05, 3.63) is 53.4 Å². The van der Waals surface area contributed by atoms with Gasteiger partial charge < -0.3 is 14.3 Å². The molecule has 1 amide bonds. The van der Waals surface area contributed by atoms with E-state index in [1.807, 2.05) is 13.0 Å². The number of likely N-dealkylation sites (tertiary alicyclic amines) is 2. The Kier molecular flexibility index (Phi) is 6.10. The van der Waals surface area contributed by atoms with Gasteiger partial charge in [0.25, 0.3) is 5.91 Å². The van der Waals surface area contributed by atoms with Gasteiger partial charge in [0.15, 0.2) is 5.69 Å². The summed E-state index contributed by atoms with van der Waals surface area (Å²) in [4.78, 5) is 17.7. The Labute approximate surface area is 167 Å². The molecule has 150 valence electrons. The number of aromatic nitrogens is 1. The molecule has 0 saturated carbocycles. The minimum Gasteiger partial charge on any atom is -0.361 e. The van der Waals surface area contributed by atoms with E-state index < -0.39 is 0 Å². The molecule has 0 unspecified atom stereocenters. The molecule has 0 spiro atoms. The van der Waals surface area contributed by atoms with E-state index in [9.17, 15) is 4.79 Å². The number of hydrogen-bond acceptors (Lipinski definition) is 4. The molecule has 1 aromatic carbocycles. The van der Waals surface area contributed by atoms with Crippen molar-refractivity contribution in [3.8, 4) is 0 Å². The highest BCUT2D eigenvalue weighted by molar-refractivity contribution is 5.92. The van der Waals surface area contributed by atoms with Crippen LogP contribution in [-0.4, -0.2) is 53.1 Å². The van der Waals surface area contributed by atoms with Crippen molar-refractivity contribution >= 4 is 5.91 Å². The number of benzene rings is 1. The smallest absolute Gasteiger partial charge is 0.276 e. The lowest BCUT2D eigenvalue weighted by Crippen LogP contribution is -2.55. The Morgan fingerprint density at radius 3 is 2.86 bits per heavy atom. The van der Waals surface area contributed by atoms with Gasteiger partial charge in [-0.25, -0.2) is 0 Å². The lowest BCUT2D eigenvalue weighted by Gasteiger charge is -2.47. The molecule has 1 aromatic heterocycles. The maximum Gasteiger partial charge on any atom is 0.276 e. The van der Waals surface area contributed by atoms with Crippen molar-refractivity contribution in [2.45, 2.75) is 51.5 Å². The number of hydrogen-bond donors (Lipinski definition) is 0. The average molecular weight is 382 g/mol. The Morgan fingerprint density at radius 2 is 2.07 bits per heavy atom. The largest absolute Gasteiger partial charge is 0.361 e. The van der Waals surface area contributed by atoms with Crippen molar-refractivity contribution in [3.63, 3.8) is 0 Å². The van der Waals surface area contributed by atoms with Crippen LogP contribution in [0.5, 0.6) is 0 Å². The lowest BCUT2D eigenvalue weighted by molar-refractivity contribution is 0.0193. The summed E-state index contributed by atoms with van der Waals surface area (Å²) in [6.07, 6.45) is 6.49. The summed E-state index contributed by atoms with van der Waals surface area (Å²) in [6.45, 7) is 6.21. The van der Waals surface area contributed by atoms with Crippen LogP contribution in [0.25, 0.3) is 0 Å². The molecule has 0 bridgehead atoms. The highest BCUT2D eigenvalue weighted by Gasteiger charge is 2.38. The zero-order valence-corrected chi connectivity index (χ0v) is 16.8. The fraction of sp³-hybridized carbons (Fsp3) is 0.565. The molecule has 3 heterocycles. The van der Waals surface area contributed by atoms with Crippen molar-refractivity contribution in [2.75, 3.05) is 26.2 Å². The van der Waals surface area contributed by atoms with Gasteiger partial charge in [-0.2, -0.15) is 0 Å². The number of carbonyl (C=O) groups is 1. The number of rotatable bonds is 6. The molecule has 5 nitrogen and oxygen atoms in total.